The summed E-state index contributed by atoms with van der Waals surface area (Å²) in [6.07, 6.45) is 0. The van der Waals surface area contributed by atoms with Crippen molar-refractivity contribution in [2.75, 3.05) is 26.9 Å². The van der Waals surface area contributed by atoms with E-state index in [9.17, 15) is 8.42 Å². The van der Waals surface area contributed by atoms with Gasteiger partial charge in [-0.15, -0.1) is 0 Å². The molecular formula is C20H25NO4S. The Hall–Kier alpha value is -1.89. The summed E-state index contributed by atoms with van der Waals surface area (Å²) in [6.45, 7) is 3.00. The average molecular weight is 375 g/mol. The maximum atomic E-state index is 13.3. The minimum Gasteiger partial charge on any atom is -0.497 e. The van der Waals surface area contributed by atoms with Crippen LogP contribution in [0.4, 0.5) is 0 Å². The molecule has 3 atom stereocenters. The molecule has 0 bridgehead atoms. The van der Waals surface area contributed by atoms with E-state index in [2.05, 4.69) is 0 Å². The first-order valence-corrected chi connectivity index (χ1v) is 10.3. The molecule has 0 aliphatic heterocycles. The van der Waals surface area contributed by atoms with Gasteiger partial charge in [0.15, 0.2) is 9.84 Å². The molecule has 1 aliphatic carbocycles. The van der Waals surface area contributed by atoms with Crippen LogP contribution in [0.2, 0.25) is 0 Å². The van der Waals surface area contributed by atoms with E-state index in [-0.39, 0.29) is 12.5 Å². The van der Waals surface area contributed by atoms with Crippen LogP contribution in [-0.2, 0) is 14.6 Å². The van der Waals surface area contributed by atoms with Gasteiger partial charge in [-0.25, -0.2) is 8.42 Å². The molecule has 26 heavy (non-hydrogen) atoms. The van der Waals surface area contributed by atoms with Gasteiger partial charge in [-0.2, -0.15) is 0 Å². The zero-order valence-electron chi connectivity index (χ0n) is 15.1. The van der Waals surface area contributed by atoms with Crippen molar-refractivity contribution in [3.8, 4) is 5.75 Å². The number of ether oxygens (including phenoxy) is 2. The molecule has 3 rings (SSSR count). The smallest absolute Gasteiger partial charge is 0.182 e. The van der Waals surface area contributed by atoms with Crippen molar-refractivity contribution < 1.29 is 17.9 Å². The summed E-state index contributed by atoms with van der Waals surface area (Å²) in [7, 11) is -1.91. The van der Waals surface area contributed by atoms with E-state index in [1.807, 2.05) is 37.3 Å². The van der Waals surface area contributed by atoms with Crippen LogP contribution in [0.5, 0.6) is 5.75 Å². The van der Waals surface area contributed by atoms with E-state index in [4.69, 9.17) is 15.2 Å². The van der Waals surface area contributed by atoms with Gasteiger partial charge in [-0.3, -0.25) is 0 Å². The Morgan fingerprint density at radius 2 is 1.73 bits per heavy atom. The largest absolute Gasteiger partial charge is 0.497 e. The fraction of sp³-hybridized carbons (Fsp3) is 0.400. The first kappa shape index (κ1) is 18.9. The van der Waals surface area contributed by atoms with Crippen LogP contribution in [0.25, 0.3) is 0 Å². The molecule has 0 aromatic heterocycles. The first-order valence-electron chi connectivity index (χ1n) is 8.72. The van der Waals surface area contributed by atoms with Crippen molar-refractivity contribution in [1.82, 2.24) is 0 Å². The van der Waals surface area contributed by atoms with E-state index in [1.165, 1.54) is 0 Å². The van der Waals surface area contributed by atoms with Gasteiger partial charge in [0.1, 0.15) is 5.75 Å². The van der Waals surface area contributed by atoms with E-state index < -0.39 is 20.5 Å². The number of nitrogens with two attached hydrogens (primary N) is 1. The fourth-order valence-electron chi connectivity index (χ4n) is 3.78. The second kappa shape index (κ2) is 7.39. The lowest BCUT2D eigenvalue weighted by Crippen LogP contribution is -2.29. The van der Waals surface area contributed by atoms with Crippen LogP contribution in [0.3, 0.4) is 0 Å². The second-order valence-corrected chi connectivity index (χ2v) is 8.67. The normalized spacial score (nSPS) is 25.0. The van der Waals surface area contributed by atoms with E-state index in [0.29, 0.717) is 18.1 Å². The molecule has 1 aliphatic rings. The van der Waals surface area contributed by atoms with Gasteiger partial charge in [-0.05, 0) is 36.8 Å². The summed E-state index contributed by atoms with van der Waals surface area (Å²) >= 11 is 0. The highest BCUT2D eigenvalue weighted by molar-refractivity contribution is 7.92. The predicted molar refractivity (Wildman–Crippen MR) is 101 cm³/mol. The Bertz CT molecular complexity index is 836. The zero-order chi connectivity index (χ0) is 18.8. The Labute approximate surface area is 155 Å². The number of benzene rings is 2. The van der Waals surface area contributed by atoms with Crippen LogP contribution >= 0.6 is 0 Å². The lowest BCUT2D eigenvalue weighted by molar-refractivity contribution is 0.101. The molecule has 1 fully saturated rings. The molecule has 0 radical (unpaired) electrons. The predicted octanol–water partition coefficient (Wildman–Crippen LogP) is 2.62. The quantitative estimate of drug-likeness (QED) is 0.767. The highest BCUT2D eigenvalue weighted by Gasteiger charge is 2.70. The monoisotopic (exact) mass is 375 g/mol. The first-order chi connectivity index (χ1) is 12.5. The van der Waals surface area contributed by atoms with E-state index in [1.54, 1.807) is 31.4 Å². The van der Waals surface area contributed by atoms with Gasteiger partial charge in [0, 0.05) is 24.5 Å². The lowest BCUT2D eigenvalue weighted by Gasteiger charge is -2.16. The summed E-state index contributed by atoms with van der Waals surface area (Å²) in [4.78, 5) is 0.329. The maximum Gasteiger partial charge on any atom is 0.182 e. The molecular weight excluding hydrogens is 350 g/mol. The average Bonchev–Trinajstić information content (AvgIpc) is 3.37. The molecule has 140 valence electrons. The molecule has 5 nitrogen and oxygen atoms in total. The molecule has 0 heterocycles. The number of hydrogen-bond donors (Lipinski definition) is 1. The molecule has 2 aromatic rings. The molecule has 0 saturated heterocycles. The highest BCUT2D eigenvalue weighted by atomic mass is 32.2. The van der Waals surface area contributed by atoms with Crippen LogP contribution in [-0.4, -0.2) is 40.5 Å². The molecule has 1 saturated carbocycles. The van der Waals surface area contributed by atoms with Crippen molar-refractivity contribution >= 4 is 9.84 Å². The van der Waals surface area contributed by atoms with Gasteiger partial charge in [0.05, 0.1) is 23.9 Å². The summed E-state index contributed by atoms with van der Waals surface area (Å²) < 4.78 is 37.5. The summed E-state index contributed by atoms with van der Waals surface area (Å²) in [6, 6.07) is 16.1. The summed E-state index contributed by atoms with van der Waals surface area (Å²) in [5.41, 5.74) is 6.42. The Balaban J connectivity index is 2.02. The summed E-state index contributed by atoms with van der Waals surface area (Å²) in [5.74, 6) is 0.537. The number of rotatable bonds is 8. The van der Waals surface area contributed by atoms with E-state index >= 15 is 0 Å². The third-order valence-corrected chi connectivity index (χ3v) is 7.55. The minimum absolute atomic E-state index is 0.199. The van der Waals surface area contributed by atoms with Crippen LogP contribution in [0.15, 0.2) is 59.5 Å². The van der Waals surface area contributed by atoms with Gasteiger partial charge in [-0.1, -0.05) is 30.3 Å². The third kappa shape index (κ3) is 3.13. The highest BCUT2D eigenvalue weighted by Crippen LogP contribution is 2.63. The molecule has 2 aromatic carbocycles. The third-order valence-electron chi connectivity index (χ3n) is 5.22. The van der Waals surface area contributed by atoms with Crippen molar-refractivity contribution in [2.24, 2.45) is 11.1 Å². The maximum absolute atomic E-state index is 13.3. The number of hydrogen-bond acceptors (Lipinski definition) is 5. The lowest BCUT2D eigenvalue weighted by atomic mass is 10.00. The molecule has 0 spiro atoms. The van der Waals surface area contributed by atoms with Crippen molar-refractivity contribution in [1.29, 1.82) is 0 Å². The van der Waals surface area contributed by atoms with Crippen LogP contribution in [0, 0.1) is 5.41 Å². The van der Waals surface area contributed by atoms with Crippen LogP contribution in [0.1, 0.15) is 18.4 Å². The molecule has 0 amide bonds. The number of sulfone groups is 1. The Morgan fingerprint density at radius 1 is 1.08 bits per heavy atom. The fourth-order valence-corrected chi connectivity index (χ4v) is 6.25. The van der Waals surface area contributed by atoms with Gasteiger partial charge < -0.3 is 15.2 Å². The van der Waals surface area contributed by atoms with Crippen molar-refractivity contribution in [3.05, 3.63) is 60.2 Å². The topological polar surface area (TPSA) is 78.6 Å². The molecule has 2 N–H and O–H groups in total. The van der Waals surface area contributed by atoms with Crippen molar-refractivity contribution in [3.63, 3.8) is 0 Å². The standard InChI is InChI=1S/C20H25NO4S/c1-3-25-14-20(13-21)18(15-9-11-16(24-2)12-10-15)19(20)26(22,23)17-7-5-4-6-8-17/h4-12,18-19H,3,13-14,21H2,1-2H3/t18-,19-,20-/m0/s1. The SMILES string of the molecule is CCOC[C@@]1(CN)[C@@H](c2ccc(OC)cc2)[C@@H]1S(=O)(=O)c1ccccc1. The van der Waals surface area contributed by atoms with Gasteiger partial charge >= 0.3 is 0 Å². The Morgan fingerprint density at radius 3 is 2.27 bits per heavy atom. The number of methoxy groups -OCH3 is 1. The second-order valence-electron chi connectivity index (χ2n) is 6.60. The minimum atomic E-state index is -3.52. The van der Waals surface area contributed by atoms with Gasteiger partial charge in [0.2, 0.25) is 0 Å². The van der Waals surface area contributed by atoms with E-state index in [0.717, 1.165) is 11.3 Å². The molecule has 6 heteroatoms. The Kier molecular flexibility index (Phi) is 5.37. The summed E-state index contributed by atoms with van der Waals surface area (Å²) in [5, 5.41) is -0.595. The van der Waals surface area contributed by atoms with Crippen molar-refractivity contribution in [2.45, 2.75) is 23.0 Å². The van der Waals surface area contributed by atoms with Gasteiger partial charge in [0.25, 0.3) is 0 Å². The van der Waals surface area contributed by atoms with Crippen LogP contribution < -0.4 is 10.5 Å². The zero-order valence-corrected chi connectivity index (χ0v) is 15.9. The molecule has 0 unspecified atom stereocenters.